The van der Waals surface area contributed by atoms with E-state index < -0.39 is 18.8 Å². The van der Waals surface area contributed by atoms with E-state index in [1.807, 2.05) is 0 Å². The third-order valence-electron chi connectivity index (χ3n) is 4.57. The van der Waals surface area contributed by atoms with E-state index in [2.05, 4.69) is 19.1 Å². The van der Waals surface area contributed by atoms with Crippen LogP contribution in [0.15, 0.2) is 12.2 Å². The molecule has 25 heavy (non-hydrogen) atoms. The van der Waals surface area contributed by atoms with Crippen LogP contribution in [0.3, 0.4) is 0 Å². The highest BCUT2D eigenvalue weighted by molar-refractivity contribution is 5.83. The van der Waals surface area contributed by atoms with Crippen molar-refractivity contribution in [2.45, 2.75) is 109 Å². The molecule has 0 rings (SSSR count). The van der Waals surface area contributed by atoms with Gasteiger partial charge in [0.25, 0.3) is 0 Å². The van der Waals surface area contributed by atoms with E-state index in [1.165, 1.54) is 51.4 Å². The maximum Gasteiger partial charge on any atom is 0.164 e. The zero-order valence-electron chi connectivity index (χ0n) is 16.2. The van der Waals surface area contributed by atoms with E-state index >= 15 is 0 Å². The van der Waals surface area contributed by atoms with Crippen LogP contribution in [0, 0.1) is 0 Å². The first kappa shape index (κ1) is 24.3. The van der Waals surface area contributed by atoms with Crippen LogP contribution in [0.4, 0.5) is 0 Å². The molecule has 148 valence electrons. The van der Waals surface area contributed by atoms with Gasteiger partial charge in [-0.05, 0) is 32.1 Å². The molecule has 0 bridgehead atoms. The summed E-state index contributed by atoms with van der Waals surface area (Å²) < 4.78 is 0. The van der Waals surface area contributed by atoms with Crippen LogP contribution < -0.4 is 0 Å². The first-order valence-electron chi connectivity index (χ1n) is 10.3. The highest BCUT2D eigenvalue weighted by Gasteiger charge is 2.22. The Morgan fingerprint density at radius 1 is 0.800 bits per heavy atom. The number of Topliss-reactive ketones (excluding diaryl/α,β-unsaturated/α-hetero) is 1. The van der Waals surface area contributed by atoms with Crippen molar-refractivity contribution in [3.8, 4) is 0 Å². The minimum atomic E-state index is -1.44. The Kier molecular flexibility index (Phi) is 17.6. The lowest BCUT2D eigenvalue weighted by molar-refractivity contribution is -0.134. The summed E-state index contributed by atoms with van der Waals surface area (Å²) in [5.41, 5.74) is 0. The molecule has 2 atom stereocenters. The van der Waals surface area contributed by atoms with E-state index in [0.717, 1.165) is 32.1 Å². The predicted molar refractivity (Wildman–Crippen MR) is 104 cm³/mol. The fourth-order valence-electron chi connectivity index (χ4n) is 2.83. The number of aliphatic hydroxyl groups is 3. The summed E-state index contributed by atoms with van der Waals surface area (Å²) in [5.74, 6) is -0.376. The molecule has 0 radical (unpaired) electrons. The highest BCUT2D eigenvalue weighted by Crippen LogP contribution is 2.11. The molecular formula is C21H40O4. The van der Waals surface area contributed by atoms with Crippen molar-refractivity contribution in [1.29, 1.82) is 0 Å². The lowest BCUT2D eigenvalue weighted by atomic mass is 10.0. The average molecular weight is 357 g/mol. The Morgan fingerprint density at radius 2 is 1.28 bits per heavy atom. The molecule has 0 aromatic rings. The van der Waals surface area contributed by atoms with Gasteiger partial charge in [0.15, 0.2) is 5.78 Å². The van der Waals surface area contributed by atoms with Crippen LogP contribution >= 0.6 is 0 Å². The number of rotatable bonds is 18. The number of aliphatic hydroxyl groups excluding tert-OH is 3. The SMILES string of the molecule is CCCCCCCCC=CCCCCCCCC(=O)[C@@H](O)[C@@H](O)CO. The maximum absolute atomic E-state index is 11.5. The Hall–Kier alpha value is -0.710. The van der Waals surface area contributed by atoms with Crippen LogP contribution in [-0.4, -0.2) is 39.9 Å². The van der Waals surface area contributed by atoms with Crippen LogP contribution in [-0.2, 0) is 4.79 Å². The molecule has 0 aromatic heterocycles. The first-order valence-corrected chi connectivity index (χ1v) is 10.3. The summed E-state index contributed by atoms with van der Waals surface area (Å²) in [6.07, 6.45) is 17.7. The number of hydrogen-bond acceptors (Lipinski definition) is 4. The second kappa shape index (κ2) is 18.1. The van der Waals surface area contributed by atoms with Gasteiger partial charge in [-0.1, -0.05) is 70.4 Å². The molecule has 0 amide bonds. The van der Waals surface area contributed by atoms with Crippen molar-refractivity contribution in [2.75, 3.05) is 6.61 Å². The van der Waals surface area contributed by atoms with Gasteiger partial charge in [-0.15, -0.1) is 0 Å². The van der Waals surface area contributed by atoms with Crippen molar-refractivity contribution >= 4 is 5.78 Å². The summed E-state index contributed by atoms with van der Waals surface area (Å²) in [6, 6.07) is 0. The molecule has 3 N–H and O–H groups in total. The molecule has 0 aliphatic rings. The van der Waals surface area contributed by atoms with Gasteiger partial charge in [-0.25, -0.2) is 0 Å². The minimum Gasteiger partial charge on any atom is -0.394 e. The predicted octanol–water partition coefficient (Wildman–Crippen LogP) is 4.31. The van der Waals surface area contributed by atoms with Crippen LogP contribution in [0.2, 0.25) is 0 Å². The standard InChI is InChI=1S/C21H40O4/c1-2-3-4-5-6-7-8-9-10-11-12-13-14-15-16-17-19(23)21(25)20(24)18-22/h9-10,20-22,24-25H,2-8,11-18H2,1H3/t20-,21+/m0/s1. The third kappa shape index (κ3) is 15.3. The molecule has 0 unspecified atom stereocenters. The van der Waals surface area contributed by atoms with E-state index in [-0.39, 0.29) is 12.2 Å². The topological polar surface area (TPSA) is 77.8 Å². The largest absolute Gasteiger partial charge is 0.394 e. The summed E-state index contributed by atoms with van der Waals surface area (Å²) in [7, 11) is 0. The molecule has 0 spiro atoms. The van der Waals surface area contributed by atoms with E-state index in [9.17, 15) is 15.0 Å². The number of carbonyl (C=O) groups is 1. The molecule has 4 nitrogen and oxygen atoms in total. The van der Waals surface area contributed by atoms with Crippen molar-refractivity contribution in [3.63, 3.8) is 0 Å². The summed E-state index contributed by atoms with van der Waals surface area (Å²) >= 11 is 0. The van der Waals surface area contributed by atoms with Gasteiger partial charge in [0.05, 0.1) is 6.61 Å². The first-order chi connectivity index (χ1) is 12.1. The fourth-order valence-corrected chi connectivity index (χ4v) is 2.83. The van der Waals surface area contributed by atoms with Crippen LogP contribution in [0.25, 0.3) is 0 Å². The zero-order valence-corrected chi connectivity index (χ0v) is 16.2. The van der Waals surface area contributed by atoms with Gasteiger partial charge >= 0.3 is 0 Å². The monoisotopic (exact) mass is 356 g/mol. The Labute approximate surface area is 154 Å². The van der Waals surface area contributed by atoms with Gasteiger partial charge in [-0.2, -0.15) is 0 Å². The lowest BCUT2D eigenvalue weighted by Crippen LogP contribution is -2.36. The molecule has 0 aliphatic heterocycles. The molecular weight excluding hydrogens is 316 g/mol. The molecule has 4 heteroatoms. The molecule has 0 heterocycles. The lowest BCUT2D eigenvalue weighted by Gasteiger charge is -2.13. The quantitative estimate of drug-likeness (QED) is 0.253. The Bertz CT molecular complexity index is 328. The Balaban J connectivity index is 3.33. The van der Waals surface area contributed by atoms with Gasteiger partial charge in [0.1, 0.15) is 12.2 Å². The number of allylic oxidation sites excluding steroid dienone is 2. The zero-order chi connectivity index (χ0) is 18.8. The maximum atomic E-state index is 11.5. The minimum absolute atomic E-state index is 0.274. The molecule has 0 aromatic carbocycles. The summed E-state index contributed by atoms with van der Waals surface area (Å²) in [5, 5.41) is 27.3. The summed E-state index contributed by atoms with van der Waals surface area (Å²) in [4.78, 5) is 11.5. The number of hydrogen-bond donors (Lipinski definition) is 3. The summed E-state index contributed by atoms with van der Waals surface area (Å²) in [6.45, 7) is 1.66. The van der Waals surface area contributed by atoms with Crippen molar-refractivity contribution in [2.24, 2.45) is 0 Å². The van der Waals surface area contributed by atoms with Crippen molar-refractivity contribution < 1.29 is 20.1 Å². The molecule has 0 fully saturated rings. The smallest absolute Gasteiger partial charge is 0.164 e. The number of unbranched alkanes of at least 4 members (excludes halogenated alkanes) is 11. The van der Waals surface area contributed by atoms with E-state index in [0.29, 0.717) is 0 Å². The van der Waals surface area contributed by atoms with E-state index in [1.54, 1.807) is 0 Å². The third-order valence-corrected chi connectivity index (χ3v) is 4.57. The fraction of sp³-hybridized carbons (Fsp3) is 0.857. The average Bonchev–Trinajstić information content (AvgIpc) is 2.63. The van der Waals surface area contributed by atoms with Crippen LogP contribution in [0.5, 0.6) is 0 Å². The Morgan fingerprint density at radius 3 is 1.80 bits per heavy atom. The second-order valence-corrected chi connectivity index (χ2v) is 7.00. The molecule has 0 saturated heterocycles. The number of ketones is 1. The molecule has 0 saturated carbocycles. The van der Waals surface area contributed by atoms with Crippen molar-refractivity contribution in [3.05, 3.63) is 12.2 Å². The number of carbonyl (C=O) groups excluding carboxylic acids is 1. The van der Waals surface area contributed by atoms with Gasteiger partial charge in [0, 0.05) is 6.42 Å². The highest BCUT2D eigenvalue weighted by atomic mass is 16.4. The normalized spacial score (nSPS) is 14.1. The second-order valence-electron chi connectivity index (χ2n) is 7.00. The molecule has 0 aliphatic carbocycles. The van der Waals surface area contributed by atoms with Crippen LogP contribution in [0.1, 0.15) is 96.8 Å². The van der Waals surface area contributed by atoms with Gasteiger partial charge < -0.3 is 15.3 Å². The van der Waals surface area contributed by atoms with E-state index in [4.69, 9.17) is 5.11 Å². The van der Waals surface area contributed by atoms with Gasteiger partial charge in [-0.3, -0.25) is 4.79 Å². The van der Waals surface area contributed by atoms with Gasteiger partial charge in [0.2, 0.25) is 0 Å². The van der Waals surface area contributed by atoms with Crippen molar-refractivity contribution in [1.82, 2.24) is 0 Å².